The largest absolute Gasteiger partial charge is 0.382 e. The molecular formula is C21H34O3. The third-order valence-electron chi connectivity index (χ3n) is 6.82. The number of allylic oxidation sites excluding steroid dienone is 2. The van der Waals surface area contributed by atoms with Crippen molar-refractivity contribution in [3.63, 3.8) is 0 Å². The zero-order chi connectivity index (χ0) is 18.3. The van der Waals surface area contributed by atoms with E-state index in [4.69, 9.17) is 0 Å². The van der Waals surface area contributed by atoms with Crippen LogP contribution in [0.1, 0.15) is 66.2 Å². The lowest BCUT2D eigenvalue weighted by molar-refractivity contribution is -0.178. The van der Waals surface area contributed by atoms with Crippen molar-refractivity contribution < 1.29 is 15.0 Å². The molecule has 0 amide bonds. The van der Waals surface area contributed by atoms with Crippen LogP contribution in [0, 0.1) is 23.7 Å². The molecule has 6 unspecified atom stereocenters. The average molecular weight is 335 g/mol. The van der Waals surface area contributed by atoms with E-state index in [-0.39, 0.29) is 29.5 Å². The molecule has 2 fully saturated rings. The summed E-state index contributed by atoms with van der Waals surface area (Å²) >= 11 is 0. The quantitative estimate of drug-likeness (QED) is 0.763. The zero-order valence-electron chi connectivity index (χ0n) is 15.8. The maximum atomic E-state index is 13.4. The number of Topliss-reactive ketones (excluding diaryl/α,β-unsaturated/α-hetero) is 1. The predicted octanol–water partition coefficient (Wildman–Crippen LogP) is 4.04. The number of carbonyl (C=O) groups is 1. The Labute approximate surface area is 146 Å². The van der Waals surface area contributed by atoms with E-state index in [1.54, 1.807) is 0 Å². The molecule has 2 saturated carbocycles. The van der Waals surface area contributed by atoms with Crippen molar-refractivity contribution in [1.82, 2.24) is 0 Å². The first kappa shape index (κ1) is 19.4. The molecule has 136 valence electrons. The van der Waals surface area contributed by atoms with E-state index in [1.165, 1.54) is 0 Å². The number of aliphatic hydroxyl groups is 2. The van der Waals surface area contributed by atoms with Crippen molar-refractivity contribution in [3.05, 3.63) is 24.3 Å². The van der Waals surface area contributed by atoms with E-state index in [9.17, 15) is 15.0 Å². The van der Waals surface area contributed by atoms with Gasteiger partial charge in [0.1, 0.15) is 11.2 Å². The molecule has 2 N–H and O–H groups in total. The average Bonchev–Trinajstić information content (AvgIpc) is 2.51. The van der Waals surface area contributed by atoms with Crippen molar-refractivity contribution in [1.29, 1.82) is 0 Å². The second kappa shape index (κ2) is 6.76. The van der Waals surface area contributed by atoms with Crippen LogP contribution in [0.25, 0.3) is 0 Å². The molecule has 6 atom stereocenters. The van der Waals surface area contributed by atoms with Gasteiger partial charge in [-0.25, -0.2) is 0 Å². The minimum Gasteiger partial charge on any atom is -0.382 e. The molecular weight excluding hydrogens is 300 g/mol. The Morgan fingerprint density at radius 2 is 1.17 bits per heavy atom. The van der Waals surface area contributed by atoms with E-state index >= 15 is 0 Å². The van der Waals surface area contributed by atoms with E-state index in [2.05, 4.69) is 13.2 Å². The summed E-state index contributed by atoms with van der Waals surface area (Å²) in [4.78, 5) is 13.4. The van der Waals surface area contributed by atoms with Crippen molar-refractivity contribution in [3.8, 4) is 0 Å². The van der Waals surface area contributed by atoms with Crippen LogP contribution in [0.15, 0.2) is 24.3 Å². The van der Waals surface area contributed by atoms with Gasteiger partial charge in [0, 0.05) is 0 Å². The summed E-state index contributed by atoms with van der Waals surface area (Å²) in [5.74, 6) is -0.347. The highest BCUT2D eigenvalue weighted by atomic mass is 16.3. The Kier molecular flexibility index (Phi) is 5.46. The lowest BCUT2D eigenvalue weighted by Gasteiger charge is -2.49. The van der Waals surface area contributed by atoms with Crippen LogP contribution in [0.4, 0.5) is 0 Å². The molecule has 24 heavy (non-hydrogen) atoms. The molecule has 3 nitrogen and oxygen atoms in total. The molecule has 0 aromatic carbocycles. The highest BCUT2D eigenvalue weighted by molar-refractivity contribution is 5.95. The highest BCUT2D eigenvalue weighted by Gasteiger charge is 2.57. The Morgan fingerprint density at radius 1 is 0.833 bits per heavy atom. The van der Waals surface area contributed by atoms with Gasteiger partial charge in [0.05, 0.1) is 0 Å². The zero-order valence-corrected chi connectivity index (χ0v) is 15.8. The Morgan fingerprint density at radius 3 is 1.46 bits per heavy atom. The van der Waals surface area contributed by atoms with E-state index < -0.39 is 11.2 Å². The summed E-state index contributed by atoms with van der Waals surface area (Å²) < 4.78 is 0. The molecule has 0 saturated heterocycles. The molecule has 0 aliphatic heterocycles. The fraction of sp³-hybridized carbons (Fsp3) is 0.762. The van der Waals surface area contributed by atoms with Gasteiger partial charge < -0.3 is 10.2 Å². The summed E-state index contributed by atoms with van der Waals surface area (Å²) in [5, 5.41) is 22.6. The van der Waals surface area contributed by atoms with Crippen molar-refractivity contribution >= 4 is 5.78 Å². The summed E-state index contributed by atoms with van der Waals surface area (Å²) in [6.07, 6.45) is 4.25. The summed E-state index contributed by atoms with van der Waals surface area (Å²) in [6.45, 7) is 15.8. The second-order valence-electron chi connectivity index (χ2n) is 8.63. The summed E-state index contributed by atoms with van der Waals surface area (Å²) in [5.41, 5.74) is -0.891. The first-order valence-corrected chi connectivity index (χ1v) is 9.32. The fourth-order valence-electron chi connectivity index (χ4n) is 4.59. The predicted molar refractivity (Wildman–Crippen MR) is 97.5 cm³/mol. The third-order valence-corrected chi connectivity index (χ3v) is 6.82. The van der Waals surface area contributed by atoms with Crippen LogP contribution in [0.5, 0.6) is 0 Å². The number of hydrogen-bond acceptors (Lipinski definition) is 3. The van der Waals surface area contributed by atoms with Gasteiger partial charge >= 0.3 is 0 Å². The van der Waals surface area contributed by atoms with Gasteiger partial charge in [-0.3, -0.25) is 4.79 Å². The minimum absolute atomic E-state index is 0.137. The molecule has 0 bridgehead atoms. The number of hydrogen-bond donors (Lipinski definition) is 2. The monoisotopic (exact) mass is 334 g/mol. The molecule has 0 aromatic rings. The van der Waals surface area contributed by atoms with Crippen LogP contribution in [-0.4, -0.2) is 27.2 Å². The lowest BCUT2D eigenvalue weighted by atomic mass is 9.59. The normalized spacial score (nSPS) is 43.2. The Bertz CT molecular complexity index is 491. The second-order valence-corrected chi connectivity index (χ2v) is 8.63. The highest BCUT2D eigenvalue weighted by Crippen LogP contribution is 2.47. The topological polar surface area (TPSA) is 57.5 Å². The Balaban J connectivity index is 2.32. The van der Waals surface area contributed by atoms with Crippen molar-refractivity contribution in [2.24, 2.45) is 23.7 Å². The van der Waals surface area contributed by atoms with E-state index in [0.717, 1.165) is 36.8 Å². The van der Waals surface area contributed by atoms with Gasteiger partial charge in [-0.05, 0) is 76.0 Å². The standard InChI is InChI=1S/C21H34O3/c1-13(2)17-9-7-15(5)20(23,11-17)19(22)21(24)12-18(14(3)4)10-8-16(21)6/h15-18,23-24H,1,3,7-12H2,2,4-6H3. The van der Waals surface area contributed by atoms with Crippen LogP contribution in [0.2, 0.25) is 0 Å². The van der Waals surface area contributed by atoms with E-state index in [0.29, 0.717) is 12.8 Å². The number of rotatable bonds is 4. The molecule has 0 spiro atoms. The molecule has 3 heteroatoms. The van der Waals surface area contributed by atoms with Gasteiger partial charge in [-0.15, -0.1) is 0 Å². The lowest BCUT2D eigenvalue weighted by Crippen LogP contribution is -2.62. The maximum Gasteiger partial charge on any atom is 0.196 e. The van der Waals surface area contributed by atoms with Crippen LogP contribution >= 0.6 is 0 Å². The maximum absolute atomic E-state index is 13.4. The van der Waals surface area contributed by atoms with Gasteiger partial charge in [0.2, 0.25) is 0 Å². The smallest absolute Gasteiger partial charge is 0.196 e. The van der Waals surface area contributed by atoms with Crippen LogP contribution < -0.4 is 0 Å². The molecule has 2 aliphatic carbocycles. The van der Waals surface area contributed by atoms with Crippen molar-refractivity contribution in [2.45, 2.75) is 77.4 Å². The molecule has 2 aliphatic rings. The van der Waals surface area contributed by atoms with Gasteiger partial charge in [-0.2, -0.15) is 0 Å². The number of carbonyl (C=O) groups excluding carboxylic acids is 1. The van der Waals surface area contributed by atoms with Crippen molar-refractivity contribution in [2.75, 3.05) is 0 Å². The molecule has 0 heterocycles. The number of ketones is 1. The Hall–Kier alpha value is -0.930. The van der Waals surface area contributed by atoms with Crippen LogP contribution in [-0.2, 0) is 4.79 Å². The first-order chi connectivity index (χ1) is 11.0. The molecule has 0 radical (unpaired) electrons. The minimum atomic E-state index is -1.46. The van der Waals surface area contributed by atoms with Gasteiger partial charge in [0.15, 0.2) is 5.78 Å². The van der Waals surface area contributed by atoms with Gasteiger partial charge in [0.25, 0.3) is 0 Å². The fourth-order valence-corrected chi connectivity index (χ4v) is 4.59. The first-order valence-electron chi connectivity index (χ1n) is 9.32. The SMILES string of the molecule is C=C(C)C1CCC(C)C(O)(C(=O)C2(O)CC(C(=C)C)CCC2C)C1. The molecule has 2 rings (SSSR count). The third kappa shape index (κ3) is 3.25. The molecule has 0 aromatic heterocycles. The van der Waals surface area contributed by atoms with E-state index in [1.807, 2.05) is 27.7 Å². The summed E-state index contributed by atoms with van der Waals surface area (Å²) in [6, 6.07) is 0. The summed E-state index contributed by atoms with van der Waals surface area (Å²) in [7, 11) is 0. The van der Waals surface area contributed by atoms with Gasteiger partial charge in [-0.1, -0.05) is 38.2 Å². The van der Waals surface area contributed by atoms with Crippen LogP contribution in [0.3, 0.4) is 0 Å².